The Labute approximate surface area is 138 Å². The zero-order valence-electron chi connectivity index (χ0n) is 14.4. The van der Waals surface area contributed by atoms with Crippen LogP contribution in [0.15, 0.2) is 29.8 Å². The Hall–Kier alpha value is -2.30. The van der Waals surface area contributed by atoms with Gasteiger partial charge in [0.1, 0.15) is 12.4 Å². The average Bonchev–Trinajstić information content (AvgIpc) is 2.47. The number of rotatable bonds is 8. The molecule has 5 heteroatoms. The van der Waals surface area contributed by atoms with Crippen molar-refractivity contribution in [1.29, 1.82) is 0 Å². The van der Waals surface area contributed by atoms with E-state index in [9.17, 15) is 9.59 Å². The summed E-state index contributed by atoms with van der Waals surface area (Å²) < 4.78 is 5.69. The van der Waals surface area contributed by atoms with Gasteiger partial charge >= 0.3 is 0 Å². The van der Waals surface area contributed by atoms with Gasteiger partial charge in [0.05, 0.1) is 5.56 Å². The van der Waals surface area contributed by atoms with E-state index in [1.165, 1.54) is 6.92 Å². The van der Waals surface area contributed by atoms with E-state index in [1.54, 1.807) is 18.2 Å². The standard InChI is InChI=1S/C18H26N2O3/c1-5-6-10-19-18(22)16-12-15(20-14(4)21)7-8-17(16)23-11-9-13(2)3/h7-9,12H,5-6,10-11H2,1-4H3,(H,19,22)(H,20,21). The van der Waals surface area contributed by atoms with Crippen LogP contribution >= 0.6 is 0 Å². The van der Waals surface area contributed by atoms with Crippen LogP contribution in [0.4, 0.5) is 5.69 Å². The van der Waals surface area contributed by atoms with Crippen molar-refractivity contribution < 1.29 is 14.3 Å². The molecule has 0 atom stereocenters. The molecular weight excluding hydrogens is 292 g/mol. The third-order valence-electron chi connectivity index (χ3n) is 3.09. The molecule has 0 radical (unpaired) electrons. The minimum atomic E-state index is -0.196. The Balaban J connectivity index is 2.95. The van der Waals surface area contributed by atoms with Crippen LogP contribution in [0, 0.1) is 0 Å². The lowest BCUT2D eigenvalue weighted by atomic mass is 10.1. The Morgan fingerprint density at radius 1 is 1.22 bits per heavy atom. The van der Waals surface area contributed by atoms with E-state index in [0.717, 1.165) is 18.4 Å². The molecule has 0 aliphatic heterocycles. The van der Waals surface area contributed by atoms with Crippen molar-refractivity contribution in [2.45, 2.75) is 40.5 Å². The molecule has 126 valence electrons. The lowest BCUT2D eigenvalue weighted by Gasteiger charge is -2.13. The highest BCUT2D eigenvalue weighted by Crippen LogP contribution is 2.23. The van der Waals surface area contributed by atoms with Gasteiger partial charge in [0.15, 0.2) is 0 Å². The van der Waals surface area contributed by atoms with Crippen molar-refractivity contribution in [2.75, 3.05) is 18.5 Å². The third-order valence-corrected chi connectivity index (χ3v) is 3.09. The molecule has 0 heterocycles. The van der Waals surface area contributed by atoms with Gasteiger partial charge in [-0.2, -0.15) is 0 Å². The Morgan fingerprint density at radius 3 is 2.57 bits per heavy atom. The summed E-state index contributed by atoms with van der Waals surface area (Å²) in [5.41, 5.74) is 2.15. The number of carbonyl (C=O) groups is 2. The van der Waals surface area contributed by atoms with Crippen LogP contribution in [0.25, 0.3) is 0 Å². The van der Waals surface area contributed by atoms with Gasteiger partial charge in [-0.1, -0.05) is 18.9 Å². The number of allylic oxidation sites excluding steroid dienone is 1. The fourth-order valence-corrected chi connectivity index (χ4v) is 1.89. The van der Waals surface area contributed by atoms with Gasteiger partial charge in [-0.15, -0.1) is 0 Å². The van der Waals surface area contributed by atoms with Gasteiger partial charge in [-0.05, 0) is 44.5 Å². The number of ether oxygens (including phenoxy) is 1. The Morgan fingerprint density at radius 2 is 1.96 bits per heavy atom. The first-order valence-electron chi connectivity index (χ1n) is 7.90. The van der Waals surface area contributed by atoms with Crippen LogP contribution < -0.4 is 15.4 Å². The second-order valence-electron chi connectivity index (χ2n) is 5.59. The van der Waals surface area contributed by atoms with E-state index in [0.29, 0.717) is 30.2 Å². The van der Waals surface area contributed by atoms with Gasteiger partial charge in [-0.25, -0.2) is 0 Å². The third kappa shape index (κ3) is 7.00. The fraction of sp³-hybridized carbons (Fsp3) is 0.444. The summed E-state index contributed by atoms with van der Waals surface area (Å²) in [5, 5.41) is 5.56. The molecule has 1 aromatic rings. The molecular formula is C18H26N2O3. The van der Waals surface area contributed by atoms with Crippen LogP contribution in [0.2, 0.25) is 0 Å². The van der Waals surface area contributed by atoms with E-state index in [2.05, 4.69) is 17.6 Å². The highest BCUT2D eigenvalue weighted by Gasteiger charge is 2.13. The van der Waals surface area contributed by atoms with E-state index in [4.69, 9.17) is 4.74 Å². The SMILES string of the molecule is CCCCNC(=O)c1cc(NC(C)=O)ccc1OCC=C(C)C. The quantitative estimate of drug-likeness (QED) is 0.569. The van der Waals surface area contributed by atoms with E-state index >= 15 is 0 Å². The normalized spacial score (nSPS) is 9.91. The predicted octanol–water partition coefficient (Wildman–Crippen LogP) is 3.52. The van der Waals surface area contributed by atoms with E-state index in [1.807, 2.05) is 19.9 Å². The van der Waals surface area contributed by atoms with Crippen LogP contribution in [-0.2, 0) is 4.79 Å². The Kier molecular flexibility index (Phi) is 7.88. The van der Waals surface area contributed by atoms with E-state index < -0.39 is 0 Å². The minimum Gasteiger partial charge on any atom is -0.489 e. The van der Waals surface area contributed by atoms with Gasteiger partial charge in [0.2, 0.25) is 5.91 Å². The molecule has 1 rings (SSSR count). The van der Waals surface area contributed by atoms with Crippen molar-refractivity contribution in [1.82, 2.24) is 5.32 Å². The largest absolute Gasteiger partial charge is 0.489 e. The first-order valence-corrected chi connectivity index (χ1v) is 7.90. The Bertz CT molecular complexity index is 576. The van der Waals surface area contributed by atoms with Crippen LogP contribution in [0.3, 0.4) is 0 Å². The van der Waals surface area contributed by atoms with Gasteiger partial charge < -0.3 is 15.4 Å². The summed E-state index contributed by atoms with van der Waals surface area (Å²) >= 11 is 0. The predicted molar refractivity (Wildman–Crippen MR) is 92.9 cm³/mol. The maximum atomic E-state index is 12.4. The average molecular weight is 318 g/mol. The molecule has 0 saturated heterocycles. The molecule has 0 unspecified atom stereocenters. The number of unbranched alkanes of at least 4 members (excludes halogenated alkanes) is 1. The molecule has 2 amide bonds. The number of nitrogens with one attached hydrogen (secondary N) is 2. The van der Waals surface area contributed by atoms with Crippen LogP contribution in [-0.4, -0.2) is 25.0 Å². The summed E-state index contributed by atoms with van der Waals surface area (Å²) in [6.07, 6.45) is 3.88. The summed E-state index contributed by atoms with van der Waals surface area (Å²) in [6.45, 7) is 8.49. The van der Waals surface area contributed by atoms with Crippen LogP contribution in [0.5, 0.6) is 5.75 Å². The number of amides is 2. The second-order valence-corrected chi connectivity index (χ2v) is 5.59. The van der Waals surface area contributed by atoms with Crippen molar-refractivity contribution in [3.8, 4) is 5.75 Å². The van der Waals surface area contributed by atoms with E-state index in [-0.39, 0.29) is 11.8 Å². The monoisotopic (exact) mass is 318 g/mol. The number of hydrogen-bond donors (Lipinski definition) is 2. The number of benzene rings is 1. The molecule has 5 nitrogen and oxygen atoms in total. The molecule has 0 aliphatic carbocycles. The molecule has 0 aromatic heterocycles. The summed E-state index contributed by atoms with van der Waals surface area (Å²) in [6, 6.07) is 5.07. The zero-order chi connectivity index (χ0) is 17.2. The van der Waals surface area contributed by atoms with Crippen molar-refractivity contribution >= 4 is 17.5 Å². The number of hydrogen-bond acceptors (Lipinski definition) is 3. The molecule has 0 fully saturated rings. The van der Waals surface area contributed by atoms with Crippen molar-refractivity contribution in [2.24, 2.45) is 0 Å². The molecule has 0 spiro atoms. The van der Waals surface area contributed by atoms with Gasteiger partial charge in [0, 0.05) is 19.2 Å². The molecule has 0 aliphatic rings. The number of carbonyl (C=O) groups excluding carboxylic acids is 2. The highest BCUT2D eigenvalue weighted by atomic mass is 16.5. The number of anilines is 1. The van der Waals surface area contributed by atoms with Gasteiger partial charge in [-0.3, -0.25) is 9.59 Å². The van der Waals surface area contributed by atoms with Crippen molar-refractivity contribution in [3.05, 3.63) is 35.4 Å². The first-order chi connectivity index (χ1) is 10.9. The van der Waals surface area contributed by atoms with Gasteiger partial charge in [0.25, 0.3) is 5.91 Å². The smallest absolute Gasteiger partial charge is 0.255 e. The topological polar surface area (TPSA) is 67.4 Å². The zero-order valence-corrected chi connectivity index (χ0v) is 14.4. The lowest BCUT2D eigenvalue weighted by molar-refractivity contribution is -0.114. The fourth-order valence-electron chi connectivity index (χ4n) is 1.89. The summed E-state index contributed by atoms with van der Waals surface area (Å²) in [7, 11) is 0. The summed E-state index contributed by atoms with van der Waals surface area (Å²) in [5.74, 6) is 0.129. The molecule has 1 aromatic carbocycles. The lowest BCUT2D eigenvalue weighted by Crippen LogP contribution is -2.25. The van der Waals surface area contributed by atoms with Crippen molar-refractivity contribution in [3.63, 3.8) is 0 Å². The second kappa shape index (κ2) is 9.66. The first kappa shape index (κ1) is 18.7. The maximum absolute atomic E-state index is 12.4. The minimum absolute atomic E-state index is 0.180. The molecule has 0 bridgehead atoms. The summed E-state index contributed by atoms with van der Waals surface area (Å²) in [4.78, 5) is 23.5. The highest BCUT2D eigenvalue weighted by molar-refractivity contribution is 5.99. The maximum Gasteiger partial charge on any atom is 0.255 e. The van der Waals surface area contributed by atoms with Crippen LogP contribution in [0.1, 0.15) is 50.9 Å². The molecule has 0 saturated carbocycles. The molecule has 23 heavy (non-hydrogen) atoms. The molecule has 2 N–H and O–H groups in total.